The molecule has 2 fully saturated rings. The van der Waals surface area contributed by atoms with Crippen molar-refractivity contribution in [1.82, 2.24) is 9.97 Å². The second-order valence-corrected chi connectivity index (χ2v) is 7.38. The van der Waals surface area contributed by atoms with Crippen LogP contribution in [-0.4, -0.2) is 34.3 Å². The van der Waals surface area contributed by atoms with Gasteiger partial charge >= 0.3 is 0 Å². The molecule has 2 unspecified atom stereocenters. The summed E-state index contributed by atoms with van der Waals surface area (Å²) in [4.78, 5) is 11.7. The Hall–Kier alpha value is -2.14. The Kier molecular flexibility index (Phi) is 3.91. The second-order valence-electron chi connectivity index (χ2n) is 7.38. The number of hydrogen-bond acceptors (Lipinski definition) is 5. The minimum Gasteiger partial charge on any atom is -0.496 e. The van der Waals surface area contributed by atoms with E-state index in [-0.39, 0.29) is 12.1 Å². The first-order valence-corrected chi connectivity index (χ1v) is 8.97. The summed E-state index contributed by atoms with van der Waals surface area (Å²) in [7, 11) is 1.66. The lowest BCUT2D eigenvalue weighted by molar-refractivity contribution is -0.00526. The lowest BCUT2D eigenvalue weighted by Crippen LogP contribution is -2.50. The van der Waals surface area contributed by atoms with Crippen molar-refractivity contribution in [3.05, 3.63) is 47.3 Å². The molecule has 0 spiro atoms. The van der Waals surface area contributed by atoms with E-state index in [0.717, 1.165) is 41.5 Å². The van der Waals surface area contributed by atoms with Gasteiger partial charge in [-0.2, -0.15) is 0 Å². The molecule has 2 saturated heterocycles. The van der Waals surface area contributed by atoms with Crippen molar-refractivity contribution in [2.24, 2.45) is 0 Å². The number of ether oxygens (including phenoxy) is 1. The maximum atomic E-state index is 11.5. The molecule has 2 aliphatic rings. The molecular formula is C20H25N3O2. The Labute approximate surface area is 148 Å². The number of aromatic nitrogens is 2. The summed E-state index contributed by atoms with van der Waals surface area (Å²) in [5.41, 5.74) is 2.03. The fourth-order valence-electron chi connectivity index (χ4n) is 4.62. The highest BCUT2D eigenvalue weighted by Gasteiger charge is 2.50. The molecule has 4 rings (SSSR count). The molecular weight excluding hydrogens is 314 g/mol. The number of methoxy groups -OCH3 is 1. The molecule has 1 N–H and O–H groups in total. The molecule has 0 amide bonds. The van der Waals surface area contributed by atoms with E-state index in [1.807, 2.05) is 44.2 Å². The summed E-state index contributed by atoms with van der Waals surface area (Å²) in [5, 5.41) is 11.5. The first-order valence-electron chi connectivity index (χ1n) is 8.97. The third-order valence-corrected chi connectivity index (χ3v) is 5.58. The van der Waals surface area contributed by atoms with E-state index < -0.39 is 5.60 Å². The number of para-hydroxylation sites is 1. The van der Waals surface area contributed by atoms with Crippen LogP contribution in [0.2, 0.25) is 0 Å². The van der Waals surface area contributed by atoms with Gasteiger partial charge in [-0.1, -0.05) is 18.2 Å². The van der Waals surface area contributed by atoms with Crippen molar-refractivity contribution < 1.29 is 9.84 Å². The van der Waals surface area contributed by atoms with Gasteiger partial charge in [0.2, 0.25) is 5.95 Å². The molecule has 5 heteroatoms. The summed E-state index contributed by atoms with van der Waals surface area (Å²) in [6.45, 7) is 4.02. The molecule has 5 nitrogen and oxygen atoms in total. The van der Waals surface area contributed by atoms with Crippen molar-refractivity contribution in [1.29, 1.82) is 0 Å². The Morgan fingerprint density at radius 1 is 1.08 bits per heavy atom. The number of fused-ring (bicyclic) bond motifs is 2. The summed E-state index contributed by atoms with van der Waals surface area (Å²) in [6.07, 6.45) is 3.50. The molecule has 132 valence electrons. The van der Waals surface area contributed by atoms with Gasteiger partial charge in [0.1, 0.15) is 5.75 Å². The van der Waals surface area contributed by atoms with E-state index >= 15 is 0 Å². The van der Waals surface area contributed by atoms with Gasteiger partial charge in [0, 0.05) is 41.9 Å². The summed E-state index contributed by atoms with van der Waals surface area (Å²) >= 11 is 0. The van der Waals surface area contributed by atoms with Gasteiger partial charge in [-0.15, -0.1) is 0 Å². The standard InChI is InChI=1S/C20H25N3O2/c1-13-10-14(2)22-19(21-13)23-15-8-9-16(23)12-20(24,11-15)17-6-4-5-7-18(17)25-3/h4-7,10,15-16,24H,8-9,11-12H2,1-3H3. The Morgan fingerprint density at radius 3 is 2.28 bits per heavy atom. The van der Waals surface area contributed by atoms with Crippen LogP contribution < -0.4 is 9.64 Å². The highest BCUT2D eigenvalue weighted by molar-refractivity contribution is 5.44. The number of piperidine rings is 1. The topological polar surface area (TPSA) is 58.5 Å². The summed E-state index contributed by atoms with van der Waals surface area (Å²) in [5.74, 6) is 1.58. The molecule has 2 aliphatic heterocycles. The number of benzene rings is 1. The van der Waals surface area contributed by atoms with Crippen molar-refractivity contribution in [2.75, 3.05) is 12.0 Å². The predicted octanol–water partition coefficient (Wildman–Crippen LogP) is 3.12. The number of nitrogens with zero attached hydrogens (tertiary/aromatic N) is 3. The average molecular weight is 339 g/mol. The van der Waals surface area contributed by atoms with E-state index in [4.69, 9.17) is 4.74 Å². The minimum atomic E-state index is -0.853. The van der Waals surface area contributed by atoms with E-state index in [9.17, 15) is 5.11 Å². The zero-order valence-corrected chi connectivity index (χ0v) is 15.1. The third kappa shape index (κ3) is 2.76. The molecule has 2 atom stereocenters. The van der Waals surface area contributed by atoms with Crippen LogP contribution in [0.4, 0.5) is 5.95 Å². The van der Waals surface area contributed by atoms with Crippen LogP contribution in [0.3, 0.4) is 0 Å². The highest BCUT2D eigenvalue weighted by atomic mass is 16.5. The third-order valence-electron chi connectivity index (χ3n) is 5.58. The predicted molar refractivity (Wildman–Crippen MR) is 96.9 cm³/mol. The molecule has 2 aromatic rings. The van der Waals surface area contributed by atoms with E-state index in [1.165, 1.54) is 0 Å². The number of aliphatic hydroxyl groups is 1. The molecule has 0 aliphatic carbocycles. The largest absolute Gasteiger partial charge is 0.496 e. The Balaban J connectivity index is 1.67. The van der Waals surface area contributed by atoms with Gasteiger partial charge < -0.3 is 14.7 Å². The molecule has 1 aromatic heterocycles. The van der Waals surface area contributed by atoms with E-state index in [2.05, 4.69) is 14.9 Å². The molecule has 3 heterocycles. The molecule has 1 aromatic carbocycles. The number of aryl methyl sites for hydroxylation is 2. The first-order chi connectivity index (χ1) is 12.0. The SMILES string of the molecule is COc1ccccc1C1(O)CC2CCC(C1)N2c1nc(C)cc(C)n1. The van der Waals surface area contributed by atoms with E-state index in [1.54, 1.807) is 7.11 Å². The highest BCUT2D eigenvalue weighted by Crippen LogP contribution is 2.48. The number of anilines is 1. The van der Waals surface area contributed by atoms with Crippen LogP contribution in [0.15, 0.2) is 30.3 Å². The minimum absolute atomic E-state index is 0.259. The van der Waals surface area contributed by atoms with Crippen LogP contribution in [0, 0.1) is 13.8 Å². The summed E-state index contributed by atoms with van der Waals surface area (Å²) in [6, 6.07) is 10.3. The fraction of sp³-hybridized carbons (Fsp3) is 0.500. The molecule has 0 saturated carbocycles. The van der Waals surface area contributed by atoms with Gasteiger partial charge in [-0.25, -0.2) is 9.97 Å². The average Bonchev–Trinajstić information content (AvgIpc) is 2.86. The smallest absolute Gasteiger partial charge is 0.226 e. The summed E-state index contributed by atoms with van der Waals surface area (Å²) < 4.78 is 5.50. The normalized spacial score (nSPS) is 28.2. The molecule has 0 radical (unpaired) electrons. The second kappa shape index (κ2) is 5.99. The maximum absolute atomic E-state index is 11.5. The lowest BCUT2D eigenvalue weighted by Gasteiger charge is -2.44. The van der Waals surface area contributed by atoms with Gasteiger partial charge in [-0.05, 0) is 38.8 Å². The van der Waals surface area contributed by atoms with Gasteiger partial charge in [-0.3, -0.25) is 0 Å². The molecule has 25 heavy (non-hydrogen) atoms. The van der Waals surface area contributed by atoms with Crippen LogP contribution in [0.5, 0.6) is 5.75 Å². The quantitative estimate of drug-likeness (QED) is 0.931. The number of rotatable bonds is 3. The van der Waals surface area contributed by atoms with Crippen molar-refractivity contribution >= 4 is 5.95 Å². The Morgan fingerprint density at radius 2 is 1.68 bits per heavy atom. The number of hydrogen-bond donors (Lipinski definition) is 1. The van der Waals surface area contributed by atoms with Crippen molar-refractivity contribution in [3.8, 4) is 5.75 Å². The van der Waals surface area contributed by atoms with Crippen molar-refractivity contribution in [2.45, 2.75) is 57.2 Å². The lowest BCUT2D eigenvalue weighted by atomic mass is 9.80. The zero-order chi connectivity index (χ0) is 17.6. The van der Waals surface area contributed by atoms with Gasteiger partial charge in [0.05, 0.1) is 12.7 Å². The zero-order valence-electron chi connectivity index (χ0n) is 15.1. The molecule has 2 bridgehead atoms. The van der Waals surface area contributed by atoms with Crippen molar-refractivity contribution in [3.63, 3.8) is 0 Å². The van der Waals surface area contributed by atoms with Gasteiger partial charge in [0.15, 0.2) is 0 Å². The monoisotopic (exact) mass is 339 g/mol. The Bertz CT molecular complexity index is 758. The fourth-order valence-corrected chi connectivity index (χ4v) is 4.62. The van der Waals surface area contributed by atoms with Gasteiger partial charge in [0.25, 0.3) is 0 Å². The van der Waals surface area contributed by atoms with Crippen LogP contribution in [0.25, 0.3) is 0 Å². The van der Waals surface area contributed by atoms with E-state index in [0.29, 0.717) is 12.8 Å². The van der Waals surface area contributed by atoms with Crippen LogP contribution in [0.1, 0.15) is 42.6 Å². The van der Waals surface area contributed by atoms with Crippen LogP contribution in [-0.2, 0) is 5.60 Å². The maximum Gasteiger partial charge on any atom is 0.226 e. The van der Waals surface area contributed by atoms with Crippen LogP contribution >= 0.6 is 0 Å². The first kappa shape index (κ1) is 16.3.